The molecule has 0 saturated carbocycles. The number of benzene rings is 1. The van der Waals surface area contributed by atoms with E-state index in [1.807, 2.05) is 6.07 Å². The Bertz CT molecular complexity index is 429. The molecule has 0 saturated heterocycles. The summed E-state index contributed by atoms with van der Waals surface area (Å²) in [5.74, 6) is 1.01. The van der Waals surface area contributed by atoms with E-state index in [0.29, 0.717) is 6.04 Å². The maximum atomic E-state index is 5.97. The van der Waals surface area contributed by atoms with E-state index in [1.165, 1.54) is 5.56 Å². The smallest absolute Gasteiger partial charge is 0.123 e. The fourth-order valence-electron chi connectivity index (χ4n) is 2.28. The summed E-state index contributed by atoms with van der Waals surface area (Å²) in [6, 6.07) is 8.79. The summed E-state index contributed by atoms with van der Waals surface area (Å²) in [7, 11) is 0. The molecule has 3 heteroatoms. The van der Waals surface area contributed by atoms with Gasteiger partial charge in [0.25, 0.3) is 0 Å². The summed E-state index contributed by atoms with van der Waals surface area (Å²) in [6.45, 7) is 9.14. The minimum Gasteiger partial charge on any atom is -0.492 e. The maximum Gasteiger partial charge on any atom is 0.123 e. The van der Waals surface area contributed by atoms with Crippen molar-refractivity contribution in [3.05, 3.63) is 42.0 Å². The van der Waals surface area contributed by atoms with E-state index >= 15 is 0 Å². The molecule has 0 aliphatic carbocycles. The lowest BCUT2D eigenvalue weighted by Crippen LogP contribution is -2.31. The Labute approximate surface area is 122 Å². The minimum absolute atomic E-state index is 0.489. The predicted octanol–water partition coefficient (Wildman–Crippen LogP) is 2.83. The van der Waals surface area contributed by atoms with Gasteiger partial charge in [0.1, 0.15) is 12.4 Å². The lowest BCUT2D eigenvalue weighted by Gasteiger charge is -2.23. The molecule has 0 fully saturated rings. The molecule has 0 radical (unpaired) electrons. The van der Waals surface area contributed by atoms with Gasteiger partial charge in [-0.3, -0.25) is 4.90 Å². The first kappa shape index (κ1) is 15.1. The van der Waals surface area contributed by atoms with Crippen LogP contribution in [0.2, 0.25) is 0 Å². The second-order valence-corrected chi connectivity index (χ2v) is 5.55. The molecule has 3 nitrogen and oxygen atoms in total. The molecule has 1 heterocycles. The van der Waals surface area contributed by atoms with Crippen molar-refractivity contribution in [3.63, 3.8) is 0 Å². The first-order valence-electron chi connectivity index (χ1n) is 7.57. The van der Waals surface area contributed by atoms with Crippen molar-refractivity contribution in [1.29, 1.82) is 0 Å². The van der Waals surface area contributed by atoms with Gasteiger partial charge in [0.05, 0.1) is 0 Å². The first-order valence-corrected chi connectivity index (χ1v) is 7.57. The van der Waals surface area contributed by atoms with E-state index in [2.05, 4.69) is 54.4 Å². The van der Waals surface area contributed by atoms with E-state index in [-0.39, 0.29) is 0 Å². The van der Waals surface area contributed by atoms with Gasteiger partial charge in [-0.15, -0.1) is 0 Å². The molecule has 2 rings (SSSR count). The molecule has 110 valence electrons. The van der Waals surface area contributed by atoms with Gasteiger partial charge >= 0.3 is 0 Å². The van der Waals surface area contributed by atoms with Crippen molar-refractivity contribution >= 4 is 0 Å². The maximum absolute atomic E-state index is 5.97. The molecule has 0 bridgehead atoms. The average molecular weight is 274 g/mol. The van der Waals surface area contributed by atoms with E-state index in [1.54, 1.807) is 0 Å². The van der Waals surface area contributed by atoms with Crippen LogP contribution in [0, 0.1) is 0 Å². The van der Waals surface area contributed by atoms with Gasteiger partial charge in [-0.05, 0) is 12.5 Å². The fourth-order valence-corrected chi connectivity index (χ4v) is 2.28. The number of rotatable bonds is 7. The normalized spacial score (nSPS) is 15.8. The van der Waals surface area contributed by atoms with Crippen molar-refractivity contribution < 1.29 is 4.74 Å². The van der Waals surface area contributed by atoms with Crippen LogP contribution in [-0.2, 0) is 6.54 Å². The molecule has 1 aromatic carbocycles. The summed E-state index contributed by atoms with van der Waals surface area (Å²) in [4.78, 5) is 2.43. The zero-order valence-electron chi connectivity index (χ0n) is 12.6. The molecule has 0 unspecified atom stereocenters. The zero-order valence-corrected chi connectivity index (χ0v) is 12.6. The Morgan fingerprint density at radius 1 is 1.25 bits per heavy atom. The number of nitrogens with one attached hydrogen (secondary N) is 1. The molecule has 0 spiro atoms. The standard InChI is InChI=1S/C17H26N2O/c1-15(2)18-14-16-8-4-5-9-17(16)20-13-12-19-10-6-3-7-11-19/h3-6,8-9,15,18H,7,10-14H2,1-2H3. The molecule has 0 amide bonds. The molecule has 1 aliphatic rings. The van der Waals surface area contributed by atoms with Crippen LogP contribution in [0.5, 0.6) is 5.75 Å². The van der Waals surface area contributed by atoms with Crippen molar-refractivity contribution in [1.82, 2.24) is 10.2 Å². The Kier molecular flexibility index (Phi) is 6.09. The van der Waals surface area contributed by atoms with Crippen molar-refractivity contribution in [2.45, 2.75) is 32.9 Å². The Balaban J connectivity index is 1.80. The summed E-state index contributed by atoms with van der Waals surface area (Å²) < 4.78 is 5.97. The van der Waals surface area contributed by atoms with E-state index in [9.17, 15) is 0 Å². The highest BCUT2D eigenvalue weighted by Crippen LogP contribution is 2.18. The SMILES string of the molecule is CC(C)NCc1ccccc1OCCN1CC=CCC1. The van der Waals surface area contributed by atoms with Crippen LogP contribution in [0.25, 0.3) is 0 Å². The zero-order chi connectivity index (χ0) is 14.2. The van der Waals surface area contributed by atoms with Gasteiger partial charge in [-0.1, -0.05) is 44.2 Å². The topological polar surface area (TPSA) is 24.5 Å². The van der Waals surface area contributed by atoms with Crippen molar-refractivity contribution in [3.8, 4) is 5.75 Å². The second kappa shape index (κ2) is 8.08. The molecule has 1 N–H and O–H groups in total. The first-order chi connectivity index (χ1) is 9.75. The molecule has 20 heavy (non-hydrogen) atoms. The van der Waals surface area contributed by atoms with Crippen LogP contribution in [-0.4, -0.2) is 37.2 Å². The van der Waals surface area contributed by atoms with Crippen molar-refractivity contribution in [2.24, 2.45) is 0 Å². The highest BCUT2D eigenvalue weighted by atomic mass is 16.5. The van der Waals surface area contributed by atoms with E-state index in [0.717, 1.165) is 45.0 Å². The van der Waals surface area contributed by atoms with Gasteiger partial charge < -0.3 is 10.1 Å². The molecule has 0 atom stereocenters. The summed E-state index contributed by atoms with van der Waals surface area (Å²) in [5.41, 5.74) is 1.24. The highest BCUT2D eigenvalue weighted by molar-refractivity contribution is 5.33. The number of hydrogen-bond acceptors (Lipinski definition) is 3. The Hall–Kier alpha value is -1.32. The Morgan fingerprint density at radius 2 is 2.10 bits per heavy atom. The number of hydrogen-bond donors (Lipinski definition) is 1. The van der Waals surface area contributed by atoms with Gasteiger partial charge in [0, 0.05) is 37.8 Å². The second-order valence-electron chi connectivity index (χ2n) is 5.55. The van der Waals surface area contributed by atoms with Crippen LogP contribution in [0.15, 0.2) is 36.4 Å². The van der Waals surface area contributed by atoms with Crippen LogP contribution >= 0.6 is 0 Å². The number of ether oxygens (including phenoxy) is 1. The average Bonchev–Trinajstić information content (AvgIpc) is 2.47. The Morgan fingerprint density at radius 3 is 2.85 bits per heavy atom. The van der Waals surface area contributed by atoms with E-state index in [4.69, 9.17) is 4.74 Å². The lowest BCUT2D eigenvalue weighted by atomic mass is 10.2. The molecular weight excluding hydrogens is 248 g/mol. The van der Waals surface area contributed by atoms with Gasteiger partial charge in [0.15, 0.2) is 0 Å². The minimum atomic E-state index is 0.489. The third kappa shape index (κ3) is 4.99. The molecule has 1 aromatic rings. The number of para-hydroxylation sites is 1. The summed E-state index contributed by atoms with van der Waals surface area (Å²) >= 11 is 0. The van der Waals surface area contributed by atoms with Gasteiger partial charge in [0.2, 0.25) is 0 Å². The largest absolute Gasteiger partial charge is 0.492 e. The predicted molar refractivity (Wildman–Crippen MR) is 84.1 cm³/mol. The lowest BCUT2D eigenvalue weighted by molar-refractivity contribution is 0.219. The monoisotopic (exact) mass is 274 g/mol. The van der Waals surface area contributed by atoms with Crippen molar-refractivity contribution in [2.75, 3.05) is 26.2 Å². The van der Waals surface area contributed by atoms with Crippen LogP contribution < -0.4 is 10.1 Å². The van der Waals surface area contributed by atoms with Crippen LogP contribution in [0.3, 0.4) is 0 Å². The third-order valence-corrected chi connectivity index (χ3v) is 3.48. The highest BCUT2D eigenvalue weighted by Gasteiger charge is 2.07. The summed E-state index contributed by atoms with van der Waals surface area (Å²) in [6.07, 6.45) is 5.66. The van der Waals surface area contributed by atoms with E-state index < -0.39 is 0 Å². The molecule has 0 aromatic heterocycles. The summed E-state index contributed by atoms with van der Waals surface area (Å²) in [5, 5.41) is 3.44. The number of nitrogens with zero attached hydrogens (tertiary/aromatic N) is 1. The quantitative estimate of drug-likeness (QED) is 0.774. The fraction of sp³-hybridized carbons (Fsp3) is 0.529. The van der Waals surface area contributed by atoms with Gasteiger partial charge in [-0.2, -0.15) is 0 Å². The van der Waals surface area contributed by atoms with Crippen LogP contribution in [0.4, 0.5) is 0 Å². The molecular formula is C17H26N2O. The molecule has 1 aliphatic heterocycles. The van der Waals surface area contributed by atoms with Gasteiger partial charge in [-0.25, -0.2) is 0 Å². The van der Waals surface area contributed by atoms with Crippen LogP contribution in [0.1, 0.15) is 25.8 Å². The third-order valence-electron chi connectivity index (χ3n) is 3.48.